The highest BCUT2D eigenvalue weighted by Gasteiger charge is 2.17. The van der Waals surface area contributed by atoms with Gasteiger partial charge >= 0.3 is 0 Å². The summed E-state index contributed by atoms with van der Waals surface area (Å²) in [5, 5.41) is 4.22. The Kier molecular flexibility index (Phi) is 3.91. The van der Waals surface area contributed by atoms with Gasteiger partial charge in [-0.25, -0.2) is 0 Å². The van der Waals surface area contributed by atoms with Crippen LogP contribution < -0.4 is 20.8 Å². The molecular formula is C16H18N4O. The molecule has 0 amide bonds. The number of fused-ring (bicyclic) bond motifs is 1. The molecule has 21 heavy (non-hydrogen) atoms. The Morgan fingerprint density at radius 3 is 2.76 bits per heavy atom. The summed E-state index contributed by atoms with van der Waals surface area (Å²) in [6.07, 6.45) is 0. The number of nitrogens with zero attached hydrogens (tertiary/aromatic N) is 2. The van der Waals surface area contributed by atoms with E-state index in [2.05, 4.69) is 15.4 Å². The topological polar surface area (TPSA) is 62.9 Å². The van der Waals surface area contributed by atoms with Crippen molar-refractivity contribution in [3.8, 4) is 5.75 Å². The molecule has 0 spiro atoms. The summed E-state index contributed by atoms with van der Waals surface area (Å²) in [4.78, 5) is 2.17. The predicted molar refractivity (Wildman–Crippen MR) is 85.8 cm³/mol. The van der Waals surface area contributed by atoms with Gasteiger partial charge in [0.15, 0.2) is 0 Å². The number of anilines is 2. The number of hydrogen-bond donors (Lipinski definition) is 2. The first-order valence-corrected chi connectivity index (χ1v) is 6.93. The van der Waals surface area contributed by atoms with Gasteiger partial charge < -0.3 is 15.4 Å². The molecule has 0 fully saturated rings. The molecule has 3 N–H and O–H groups in total. The van der Waals surface area contributed by atoms with Gasteiger partial charge in [-0.3, -0.25) is 5.43 Å². The first-order chi connectivity index (χ1) is 10.3. The first kappa shape index (κ1) is 13.3. The van der Waals surface area contributed by atoms with Crippen molar-refractivity contribution in [2.45, 2.75) is 0 Å². The van der Waals surface area contributed by atoms with E-state index in [9.17, 15) is 0 Å². The number of benzene rings is 2. The Morgan fingerprint density at radius 2 is 1.90 bits per heavy atom. The third-order valence-corrected chi connectivity index (χ3v) is 3.28. The summed E-state index contributed by atoms with van der Waals surface area (Å²) in [5.74, 6) is 1.43. The van der Waals surface area contributed by atoms with E-state index >= 15 is 0 Å². The molecule has 0 atom stereocenters. The van der Waals surface area contributed by atoms with Crippen molar-refractivity contribution in [2.24, 2.45) is 10.8 Å². The zero-order valence-corrected chi connectivity index (χ0v) is 11.7. The third kappa shape index (κ3) is 3.25. The number of ether oxygens (including phenoxy) is 1. The predicted octanol–water partition coefficient (Wildman–Crippen LogP) is 2.27. The average molecular weight is 282 g/mol. The molecule has 3 rings (SSSR count). The van der Waals surface area contributed by atoms with Gasteiger partial charge in [0.1, 0.15) is 18.2 Å². The second-order valence-electron chi connectivity index (χ2n) is 4.82. The molecular weight excluding hydrogens is 264 g/mol. The minimum absolute atomic E-state index is 0.538. The number of hydrazone groups is 1. The van der Waals surface area contributed by atoms with Crippen LogP contribution in [0.3, 0.4) is 0 Å². The van der Waals surface area contributed by atoms with Gasteiger partial charge in [0.05, 0.1) is 24.5 Å². The van der Waals surface area contributed by atoms with Gasteiger partial charge in [0, 0.05) is 0 Å². The van der Waals surface area contributed by atoms with Crippen LogP contribution in [0.15, 0.2) is 59.7 Å². The molecule has 108 valence electrons. The molecule has 0 aliphatic carbocycles. The van der Waals surface area contributed by atoms with Crippen molar-refractivity contribution in [3.05, 3.63) is 54.6 Å². The summed E-state index contributed by atoms with van der Waals surface area (Å²) in [6.45, 7) is 2.04. The lowest BCUT2D eigenvalue weighted by molar-refractivity contribution is 0.310. The molecule has 0 unspecified atom stereocenters. The van der Waals surface area contributed by atoms with E-state index < -0.39 is 0 Å². The Labute approximate surface area is 124 Å². The van der Waals surface area contributed by atoms with E-state index in [4.69, 9.17) is 10.5 Å². The standard InChI is InChI=1S/C16H18N4O/c17-16(19-18-13-6-2-1-3-7-13)12-20-10-11-21-15-9-5-4-8-14(15)20/h1-9,18H,10-12H2,(H2,17,19). The van der Waals surface area contributed by atoms with Crippen molar-refractivity contribution in [3.63, 3.8) is 0 Å². The molecule has 0 bridgehead atoms. The van der Waals surface area contributed by atoms with E-state index in [1.165, 1.54) is 0 Å². The number of amidine groups is 1. The van der Waals surface area contributed by atoms with Crippen molar-refractivity contribution in [2.75, 3.05) is 30.0 Å². The molecule has 1 heterocycles. The fraction of sp³-hybridized carbons (Fsp3) is 0.188. The lowest BCUT2D eigenvalue weighted by Gasteiger charge is -2.30. The van der Waals surface area contributed by atoms with Gasteiger partial charge in [-0.1, -0.05) is 30.3 Å². The van der Waals surface area contributed by atoms with Crippen LogP contribution >= 0.6 is 0 Å². The van der Waals surface area contributed by atoms with Gasteiger partial charge in [0.2, 0.25) is 0 Å². The lowest BCUT2D eigenvalue weighted by Crippen LogP contribution is -2.39. The molecule has 5 heteroatoms. The number of nitrogens with two attached hydrogens (primary N) is 1. The monoisotopic (exact) mass is 282 g/mol. The Bertz CT molecular complexity index is 627. The summed E-state index contributed by atoms with van der Waals surface area (Å²) in [5.41, 5.74) is 11.0. The summed E-state index contributed by atoms with van der Waals surface area (Å²) in [7, 11) is 0. The van der Waals surface area contributed by atoms with Crippen molar-refractivity contribution in [1.82, 2.24) is 0 Å². The molecule has 5 nitrogen and oxygen atoms in total. The molecule has 1 aliphatic heterocycles. The van der Waals surface area contributed by atoms with Gasteiger partial charge in [-0.05, 0) is 24.3 Å². The minimum Gasteiger partial charge on any atom is -0.490 e. The second-order valence-corrected chi connectivity index (χ2v) is 4.82. The SMILES string of the molecule is N/C(CN1CCOc2ccccc21)=N\Nc1ccccc1. The van der Waals surface area contributed by atoms with Crippen molar-refractivity contribution >= 4 is 17.2 Å². The van der Waals surface area contributed by atoms with Crippen LogP contribution in [0.25, 0.3) is 0 Å². The van der Waals surface area contributed by atoms with Crippen LogP contribution in [0.4, 0.5) is 11.4 Å². The number of para-hydroxylation sites is 3. The Balaban J connectivity index is 1.67. The van der Waals surface area contributed by atoms with Gasteiger partial charge in [-0.2, -0.15) is 5.10 Å². The summed E-state index contributed by atoms with van der Waals surface area (Å²) in [6, 6.07) is 17.7. The van der Waals surface area contributed by atoms with Crippen LogP contribution in [0.5, 0.6) is 5.75 Å². The maximum Gasteiger partial charge on any atom is 0.142 e. The fourth-order valence-corrected chi connectivity index (χ4v) is 2.27. The van der Waals surface area contributed by atoms with E-state index in [0.717, 1.165) is 23.7 Å². The molecule has 0 radical (unpaired) electrons. The summed E-state index contributed by atoms with van der Waals surface area (Å²) >= 11 is 0. The van der Waals surface area contributed by atoms with E-state index in [1.807, 2.05) is 54.6 Å². The maximum atomic E-state index is 6.01. The zero-order chi connectivity index (χ0) is 14.5. The molecule has 2 aromatic rings. The van der Waals surface area contributed by atoms with Crippen molar-refractivity contribution < 1.29 is 4.74 Å². The lowest BCUT2D eigenvalue weighted by atomic mass is 10.2. The van der Waals surface area contributed by atoms with Crippen LogP contribution in [0, 0.1) is 0 Å². The average Bonchev–Trinajstić information content (AvgIpc) is 2.54. The normalized spacial score (nSPS) is 14.3. The maximum absolute atomic E-state index is 6.01. The third-order valence-electron chi connectivity index (χ3n) is 3.28. The largest absolute Gasteiger partial charge is 0.490 e. The minimum atomic E-state index is 0.538. The molecule has 0 saturated heterocycles. The number of hydrogen-bond acceptors (Lipinski definition) is 4. The van der Waals surface area contributed by atoms with Gasteiger partial charge in [-0.15, -0.1) is 0 Å². The van der Waals surface area contributed by atoms with Crippen LogP contribution in [-0.4, -0.2) is 25.5 Å². The van der Waals surface area contributed by atoms with Gasteiger partial charge in [0.25, 0.3) is 0 Å². The zero-order valence-electron chi connectivity index (χ0n) is 11.7. The first-order valence-electron chi connectivity index (χ1n) is 6.93. The highest BCUT2D eigenvalue weighted by atomic mass is 16.5. The fourth-order valence-electron chi connectivity index (χ4n) is 2.27. The highest BCUT2D eigenvalue weighted by Crippen LogP contribution is 2.30. The highest BCUT2D eigenvalue weighted by molar-refractivity contribution is 5.86. The van der Waals surface area contributed by atoms with Crippen LogP contribution in [0.1, 0.15) is 0 Å². The quantitative estimate of drug-likeness (QED) is 0.513. The number of rotatable bonds is 4. The van der Waals surface area contributed by atoms with Crippen LogP contribution in [-0.2, 0) is 0 Å². The smallest absolute Gasteiger partial charge is 0.142 e. The van der Waals surface area contributed by atoms with Crippen LogP contribution in [0.2, 0.25) is 0 Å². The summed E-state index contributed by atoms with van der Waals surface area (Å²) < 4.78 is 5.63. The Morgan fingerprint density at radius 1 is 1.14 bits per heavy atom. The molecule has 0 aromatic heterocycles. The number of nitrogens with one attached hydrogen (secondary N) is 1. The van der Waals surface area contributed by atoms with E-state index in [0.29, 0.717) is 19.0 Å². The molecule has 0 saturated carbocycles. The van der Waals surface area contributed by atoms with E-state index in [1.54, 1.807) is 0 Å². The molecule has 2 aromatic carbocycles. The Hall–Kier alpha value is -2.69. The molecule has 1 aliphatic rings. The van der Waals surface area contributed by atoms with Crippen molar-refractivity contribution in [1.29, 1.82) is 0 Å². The van der Waals surface area contributed by atoms with E-state index in [-0.39, 0.29) is 0 Å². The second kappa shape index (κ2) is 6.17.